The number of aryl methyl sites for hydroxylation is 1. The maximum atomic E-state index is 12.1. The summed E-state index contributed by atoms with van der Waals surface area (Å²) in [5.74, 6) is 2.13. The maximum Gasteiger partial charge on any atom is 0.244 e. The van der Waals surface area contributed by atoms with Crippen LogP contribution in [0.4, 0.5) is 0 Å². The van der Waals surface area contributed by atoms with Gasteiger partial charge in [-0.1, -0.05) is 18.2 Å². The number of aromatic nitrogens is 2. The predicted molar refractivity (Wildman–Crippen MR) is 111 cm³/mol. The first-order chi connectivity index (χ1) is 13.6. The van der Waals surface area contributed by atoms with Crippen molar-refractivity contribution in [1.82, 2.24) is 14.9 Å². The standard InChI is InChI=1S/C22H25N3O3/c1-4-28-20-11-9-17(15-21(20)27-3)10-12-22(26)23-13-14-25-16(2)24-18-7-5-6-8-19(18)25/h5-12,15H,4,13-14H2,1-3H3,(H,23,26)/b12-10+. The highest BCUT2D eigenvalue weighted by atomic mass is 16.5. The molecule has 1 aromatic heterocycles. The second kappa shape index (κ2) is 9.08. The Labute approximate surface area is 164 Å². The van der Waals surface area contributed by atoms with E-state index in [4.69, 9.17) is 9.47 Å². The topological polar surface area (TPSA) is 65.4 Å². The van der Waals surface area contributed by atoms with E-state index in [0.29, 0.717) is 31.2 Å². The van der Waals surface area contributed by atoms with E-state index in [0.717, 1.165) is 22.4 Å². The van der Waals surface area contributed by atoms with E-state index in [9.17, 15) is 4.79 Å². The summed E-state index contributed by atoms with van der Waals surface area (Å²) in [6.07, 6.45) is 3.28. The van der Waals surface area contributed by atoms with Crippen LogP contribution in [0.25, 0.3) is 17.1 Å². The number of rotatable bonds is 8. The van der Waals surface area contributed by atoms with E-state index in [1.165, 1.54) is 6.08 Å². The molecular weight excluding hydrogens is 354 g/mol. The minimum Gasteiger partial charge on any atom is -0.493 e. The lowest BCUT2D eigenvalue weighted by Gasteiger charge is -2.09. The Morgan fingerprint density at radius 2 is 2.04 bits per heavy atom. The molecule has 0 saturated heterocycles. The number of imidazole rings is 1. The number of carbonyl (C=O) groups excluding carboxylic acids is 1. The first kappa shape index (κ1) is 19.5. The molecule has 0 aliphatic carbocycles. The average Bonchev–Trinajstić information content (AvgIpc) is 3.02. The number of nitrogens with zero attached hydrogens (tertiary/aromatic N) is 2. The van der Waals surface area contributed by atoms with Crippen LogP contribution in [0.3, 0.4) is 0 Å². The Morgan fingerprint density at radius 1 is 1.21 bits per heavy atom. The highest BCUT2D eigenvalue weighted by molar-refractivity contribution is 5.91. The fourth-order valence-corrected chi connectivity index (χ4v) is 3.06. The molecule has 3 rings (SSSR count). The summed E-state index contributed by atoms with van der Waals surface area (Å²) in [7, 11) is 1.60. The number of ether oxygens (including phenoxy) is 2. The molecule has 0 aliphatic heterocycles. The van der Waals surface area contributed by atoms with Crippen LogP contribution in [-0.2, 0) is 11.3 Å². The molecular formula is C22H25N3O3. The van der Waals surface area contributed by atoms with Crippen molar-refractivity contribution >= 4 is 23.0 Å². The van der Waals surface area contributed by atoms with Gasteiger partial charge >= 0.3 is 0 Å². The Kier molecular flexibility index (Phi) is 6.32. The number of hydrogen-bond acceptors (Lipinski definition) is 4. The van der Waals surface area contributed by atoms with E-state index < -0.39 is 0 Å². The van der Waals surface area contributed by atoms with E-state index in [2.05, 4.69) is 14.9 Å². The molecule has 28 heavy (non-hydrogen) atoms. The van der Waals surface area contributed by atoms with Gasteiger partial charge in [0.25, 0.3) is 0 Å². The average molecular weight is 379 g/mol. The van der Waals surface area contributed by atoms with Gasteiger partial charge in [-0.15, -0.1) is 0 Å². The minimum absolute atomic E-state index is 0.144. The van der Waals surface area contributed by atoms with Crippen LogP contribution >= 0.6 is 0 Å². The SMILES string of the molecule is CCOc1ccc(/C=C/C(=O)NCCn2c(C)nc3ccccc32)cc1OC. The minimum atomic E-state index is -0.144. The summed E-state index contributed by atoms with van der Waals surface area (Å²) < 4.78 is 12.9. The molecule has 0 atom stereocenters. The molecule has 1 amide bonds. The van der Waals surface area contributed by atoms with Crippen molar-refractivity contribution in [1.29, 1.82) is 0 Å². The van der Waals surface area contributed by atoms with Gasteiger partial charge in [-0.2, -0.15) is 0 Å². The number of benzene rings is 2. The van der Waals surface area contributed by atoms with Gasteiger partial charge < -0.3 is 19.4 Å². The monoisotopic (exact) mass is 379 g/mol. The first-order valence-corrected chi connectivity index (χ1v) is 9.31. The number of amides is 1. The molecule has 1 N–H and O–H groups in total. The van der Waals surface area contributed by atoms with Crippen LogP contribution in [0.1, 0.15) is 18.3 Å². The van der Waals surface area contributed by atoms with Gasteiger partial charge in [0, 0.05) is 19.2 Å². The Hall–Kier alpha value is -3.28. The first-order valence-electron chi connectivity index (χ1n) is 9.31. The number of nitrogens with one attached hydrogen (secondary N) is 1. The van der Waals surface area contributed by atoms with Crippen molar-refractivity contribution in [3.05, 3.63) is 59.9 Å². The molecule has 0 radical (unpaired) electrons. The summed E-state index contributed by atoms with van der Waals surface area (Å²) in [4.78, 5) is 16.7. The van der Waals surface area contributed by atoms with Gasteiger partial charge in [-0.3, -0.25) is 4.79 Å². The number of hydrogen-bond donors (Lipinski definition) is 1. The molecule has 0 spiro atoms. The van der Waals surface area contributed by atoms with Gasteiger partial charge in [0.1, 0.15) is 5.82 Å². The van der Waals surface area contributed by atoms with Gasteiger partial charge in [0.05, 0.1) is 24.8 Å². The second-order valence-electron chi connectivity index (χ2n) is 6.27. The van der Waals surface area contributed by atoms with Crippen LogP contribution in [0.15, 0.2) is 48.5 Å². The van der Waals surface area contributed by atoms with Crippen molar-refractivity contribution < 1.29 is 14.3 Å². The Morgan fingerprint density at radius 3 is 2.82 bits per heavy atom. The van der Waals surface area contributed by atoms with Gasteiger partial charge in [0.15, 0.2) is 11.5 Å². The van der Waals surface area contributed by atoms with E-state index in [1.807, 2.05) is 56.3 Å². The van der Waals surface area contributed by atoms with Crippen molar-refractivity contribution in [3.63, 3.8) is 0 Å². The highest BCUT2D eigenvalue weighted by Crippen LogP contribution is 2.28. The lowest BCUT2D eigenvalue weighted by atomic mass is 10.2. The van der Waals surface area contributed by atoms with Crippen LogP contribution in [0.5, 0.6) is 11.5 Å². The van der Waals surface area contributed by atoms with Crippen molar-refractivity contribution in [3.8, 4) is 11.5 Å². The second-order valence-corrected chi connectivity index (χ2v) is 6.27. The van der Waals surface area contributed by atoms with Crippen molar-refractivity contribution in [2.24, 2.45) is 0 Å². The zero-order valence-electron chi connectivity index (χ0n) is 16.4. The van der Waals surface area contributed by atoms with E-state index in [1.54, 1.807) is 13.2 Å². The van der Waals surface area contributed by atoms with Crippen LogP contribution in [-0.4, -0.2) is 35.7 Å². The smallest absolute Gasteiger partial charge is 0.244 e. The summed E-state index contributed by atoms with van der Waals surface area (Å²) in [5.41, 5.74) is 2.91. The normalized spacial score (nSPS) is 11.1. The Balaban J connectivity index is 1.57. The fraction of sp³-hybridized carbons (Fsp3) is 0.273. The molecule has 0 fully saturated rings. The summed E-state index contributed by atoms with van der Waals surface area (Å²) in [5, 5.41) is 2.91. The molecule has 2 aromatic carbocycles. The summed E-state index contributed by atoms with van der Waals surface area (Å²) in [6.45, 7) is 5.66. The lowest BCUT2D eigenvalue weighted by molar-refractivity contribution is -0.116. The van der Waals surface area contributed by atoms with E-state index >= 15 is 0 Å². The molecule has 0 unspecified atom stereocenters. The molecule has 3 aromatic rings. The Bertz CT molecular complexity index is 992. The quantitative estimate of drug-likeness (QED) is 0.608. The highest BCUT2D eigenvalue weighted by Gasteiger charge is 2.07. The molecule has 6 nitrogen and oxygen atoms in total. The molecule has 146 valence electrons. The fourth-order valence-electron chi connectivity index (χ4n) is 3.06. The van der Waals surface area contributed by atoms with Crippen LogP contribution in [0.2, 0.25) is 0 Å². The number of carbonyl (C=O) groups is 1. The molecule has 0 saturated carbocycles. The zero-order chi connectivity index (χ0) is 19.9. The summed E-state index contributed by atoms with van der Waals surface area (Å²) in [6, 6.07) is 13.6. The third kappa shape index (κ3) is 4.52. The molecule has 0 bridgehead atoms. The van der Waals surface area contributed by atoms with Crippen LogP contribution < -0.4 is 14.8 Å². The van der Waals surface area contributed by atoms with Gasteiger partial charge in [-0.05, 0) is 49.8 Å². The van der Waals surface area contributed by atoms with Crippen molar-refractivity contribution in [2.75, 3.05) is 20.3 Å². The zero-order valence-corrected chi connectivity index (χ0v) is 16.4. The molecule has 0 aliphatic rings. The third-order valence-corrected chi connectivity index (χ3v) is 4.39. The molecule has 6 heteroatoms. The van der Waals surface area contributed by atoms with Gasteiger partial charge in [0.2, 0.25) is 5.91 Å². The predicted octanol–water partition coefficient (Wildman–Crippen LogP) is 3.58. The maximum absolute atomic E-state index is 12.1. The van der Waals surface area contributed by atoms with E-state index in [-0.39, 0.29) is 5.91 Å². The third-order valence-electron chi connectivity index (χ3n) is 4.39. The number of fused-ring (bicyclic) bond motifs is 1. The van der Waals surface area contributed by atoms with Gasteiger partial charge in [-0.25, -0.2) is 4.98 Å². The summed E-state index contributed by atoms with van der Waals surface area (Å²) >= 11 is 0. The lowest BCUT2D eigenvalue weighted by Crippen LogP contribution is -2.25. The largest absolute Gasteiger partial charge is 0.493 e. The number of para-hydroxylation sites is 2. The number of methoxy groups -OCH3 is 1. The molecule has 1 heterocycles. The van der Waals surface area contributed by atoms with Crippen molar-refractivity contribution in [2.45, 2.75) is 20.4 Å². The van der Waals surface area contributed by atoms with Crippen LogP contribution in [0, 0.1) is 6.92 Å².